The van der Waals surface area contributed by atoms with Crippen molar-refractivity contribution in [3.63, 3.8) is 0 Å². The fourth-order valence-electron chi connectivity index (χ4n) is 0.888. The summed E-state index contributed by atoms with van der Waals surface area (Å²) in [6.07, 6.45) is -16.7. The van der Waals surface area contributed by atoms with E-state index in [0.29, 0.717) is 0 Å². The minimum Gasteiger partial charge on any atom is -0.195 e. The van der Waals surface area contributed by atoms with Crippen LogP contribution in [-0.2, 0) is 0 Å². The maximum atomic E-state index is 12.7. The molecule has 0 amide bonds. The molecule has 0 spiro atoms. The predicted octanol–water partition coefficient (Wildman–Crippen LogP) is 5.21. The first-order valence-corrected chi connectivity index (χ1v) is 4.56. The molecule has 0 aromatic carbocycles. The van der Waals surface area contributed by atoms with Crippen molar-refractivity contribution < 1.29 is 61.5 Å². The van der Waals surface area contributed by atoms with Gasteiger partial charge in [-0.1, -0.05) is 0 Å². The molecule has 0 fully saturated rings. The molecular weight excluding hydrogens is 362 g/mol. The molecule has 0 rings (SSSR count). The average molecular weight is 364 g/mol. The molecule has 0 nitrogen and oxygen atoms in total. The first-order chi connectivity index (χ1) is 9.21. The molecule has 0 aliphatic heterocycles. The molecule has 0 radical (unpaired) electrons. The standard InChI is InChI=1S/C8H2F14/c9-3(10,1-2-4(11,12)13)5(14,15)6(16,17)7(18,19)8(20,21)22/h1-2H. The summed E-state index contributed by atoms with van der Waals surface area (Å²) >= 11 is 0. The van der Waals surface area contributed by atoms with E-state index in [2.05, 4.69) is 0 Å². The Hall–Kier alpha value is -1.24. The number of alkyl halides is 14. The lowest BCUT2D eigenvalue weighted by Gasteiger charge is -2.36. The van der Waals surface area contributed by atoms with Crippen LogP contribution in [0.5, 0.6) is 0 Å². The van der Waals surface area contributed by atoms with E-state index >= 15 is 0 Å². The Morgan fingerprint density at radius 2 is 0.773 bits per heavy atom. The van der Waals surface area contributed by atoms with Crippen molar-refractivity contribution in [1.29, 1.82) is 0 Å². The third kappa shape index (κ3) is 3.39. The first kappa shape index (κ1) is 20.8. The highest BCUT2D eigenvalue weighted by Gasteiger charge is 2.86. The topological polar surface area (TPSA) is 0 Å². The smallest absolute Gasteiger partial charge is 0.195 e. The monoisotopic (exact) mass is 364 g/mol. The summed E-state index contributed by atoms with van der Waals surface area (Å²) in [5.74, 6) is -29.5. The Labute approximate surface area is 111 Å². The highest BCUT2D eigenvalue weighted by Crippen LogP contribution is 2.57. The third-order valence-corrected chi connectivity index (χ3v) is 2.04. The van der Waals surface area contributed by atoms with Crippen LogP contribution in [0.1, 0.15) is 0 Å². The molecule has 132 valence electrons. The lowest BCUT2D eigenvalue weighted by atomic mass is 9.98. The maximum Gasteiger partial charge on any atom is 0.460 e. The first-order valence-electron chi connectivity index (χ1n) is 4.56. The molecule has 0 N–H and O–H groups in total. The zero-order chi connectivity index (χ0) is 18.4. The van der Waals surface area contributed by atoms with Gasteiger partial charge in [0.15, 0.2) is 0 Å². The van der Waals surface area contributed by atoms with E-state index < -0.39 is 48.2 Å². The van der Waals surface area contributed by atoms with Gasteiger partial charge in [0.05, 0.1) is 0 Å². The van der Waals surface area contributed by atoms with Crippen LogP contribution in [0.2, 0.25) is 0 Å². The van der Waals surface area contributed by atoms with Crippen LogP contribution in [0, 0.1) is 0 Å². The van der Waals surface area contributed by atoms with Crippen LogP contribution in [-0.4, -0.2) is 36.0 Å². The fourth-order valence-corrected chi connectivity index (χ4v) is 0.888. The molecule has 0 heterocycles. The lowest BCUT2D eigenvalue weighted by molar-refractivity contribution is -0.417. The quantitative estimate of drug-likeness (QED) is 0.475. The Kier molecular flexibility index (Phi) is 4.86. The van der Waals surface area contributed by atoms with E-state index in [-0.39, 0.29) is 0 Å². The van der Waals surface area contributed by atoms with Crippen molar-refractivity contribution in [2.24, 2.45) is 0 Å². The highest BCUT2D eigenvalue weighted by atomic mass is 19.4. The summed E-state index contributed by atoms with van der Waals surface area (Å²) in [6, 6.07) is 0. The van der Waals surface area contributed by atoms with Crippen molar-refractivity contribution in [1.82, 2.24) is 0 Å². The number of halogens is 14. The molecular formula is C8H2F14. The predicted molar refractivity (Wildman–Crippen MR) is 41.0 cm³/mol. The Morgan fingerprint density at radius 3 is 1.05 bits per heavy atom. The van der Waals surface area contributed by atoms with Gasteiger partial charge < -0.3 is 0 Å². The van der Waals surface area contributed by atoms with E-state index in [0.717, 1.165) is 0 Å². The van der Waals surface area contributed by atoms with Gasteiger partial charge in [-0.15, -0.1) is 0 Å². The van der Waals surface area contributed by atoms with Gasteiger partial charge in [0.2, 0.25) is 0 Å². The average Bonchev–Trinajstić information content (AvgIpc) is 2.23. The molecule has 0 saturated carbocycles. The van der Waals surface area contributed by atoms with Gasteiger partial charge in [-0.2, -0.15) is 61.5 Å². The van der Waals surface area contributed by atoms with Crippen molar-refractivity contribution >= 4 is 0 Å². The Balaban J connectivity index is 5.95. The van der Waals surface area contributed by atoms with Crippen molar-refractivity contribution in [3.05, 3.63) is 12.2 Å². The van der Waals surface area contributed by atoms with Gasteiger partial charge in [-0.25, -0.2) is 0 Å². The van der Waals surface area contributed by atoms with Gasteiger partial charge >= 0.3 is 36.0 Å². The second-order valence-electron chi connectivity index (χ2n) is 3.72. The van der Waals surface area contributed by atoms with Crippen LogP contribution in [0.25, 0.3) is 0 Å². The number of allylic oxidation sites excluding steroid dienone is 2. The molecule has 14 heteroatoms. The number of hydrogen-bond donors (Lipinski definition) is 0. The summed E-state index contributed by atoms with van der Waals surface area (Å²) < 4.78 is 170. The van der Waals surface area contributed by atoms with E-state index in [9.17, 15) is 61.5 Å². The van der Waals surface area contributed by atoms with E-state index in [1.54, 1.807) is 0 Å². The van der Waals surface area contributed by atoms with Crippen LogP contribution < -0.4 is 0 Å². The van der Waals surface area contributed by atoms with E-state index in [1.165, 1.54) is 0 Å². The molecule has 0 aromatic rings. The van der Waals surface area contributed by atoms with Crippen LogP contribution in [0.3, 0.4) is 0 Å². The Morgan fingerprint density at radius 1 is 0.409 bits per heavy atom. The summed E-state index contributed by atoms with van der Waals surface area (Å²) in [5.41, 5.74) is 0. The van der Waals surface area contributed by atoms with Crippen molar-refractivity contribution in [2.45, 2.75) is 36.0 Å². The lowest BCUT2D eigenvalue weighted by Crippen LogP contribution is -2.66. The third-order valence-electron chi connectivity index (χ3n) is 2.04. The second kappa shape index (κ2) is 5.15. The zero-order valence-electron chi connectivity index (χ0n) is 9.45. The number of rotatable bonds is 4. The van der Waals surface area contributed by atoms with Crippen LogP contribution in [0.4, 0.5) is 61.5 Å². The van der Waals surface area contributed by atoms with Crippen LogP contribution >= 0.6 is 0 Å². The summed E-state index contributed by atoms with van der Waals surface area (Å²) in [6.45, 7) is 0. The normalized spacial score (nSPS) is 16.5. The zero-order valence-corrected chi connectivity index (χ0v) is 9.45. The molecule has 0 aliphatic carbocycles. The van der Waals surface area contributed by atoms with Crippen molar-refractivity contribution in [2.75, 3.05) is 0 Å². The molecule has 0 aromatic heterocycles. The maximum absolute atomic E-state index is 12.7. The largest absolute Gasteiger partial charge is 0.460 e. The van der Waals surface area contributed by atoms with Gasteiger partial charge in [0.25, 0.3) is 0 Å². The molecule has 0 aliphatic rings. The van der Waals surface area contributed by atoms with Gasteiger partial charge in [-0.3, -0.25) is 0 Å². The second-order valence-corrected chi connectivity index (χ2v) is 3.72. The number of hydrogen-bond acceptors (Lipinski definition) is 0. The van der Waals surface area contributed by atoms with E-state index in [1.807, 2.05) is 0 Å². The minimum absolute atomic E-state index is 1.71. The minimum atomic E-state index is -7.72. The molecule has 22 heavy (non-hydrogen) atoms. The molecule has 0 saturated heterocycles. The molecule has 0 unspecified atom stereocenters. The van der Waals surface area contributed by atoms with E-state index in [4.69, 9.17) is 0 Å². The van der Waals surface area contributed by atoms with Gasteiger partial charge in [-0.05, 0) is 6.08 Å². The highest BCUT2D eigenvalue weighted by molar-refractivity contribution is 5.13. The molecule has 0 atom stereocenters. The Bertz CT molecular complexity index is 421. The SMILES string of the molecule is FC(F)(F)C=CC(F)(F)C(F)(F)C(F)(F)C(F)(F)C(F)(F)F. The van der Waals surface area contributed by atoms with Crippen LogP contribution in [0.15, 0.2) is 12.2 Å². The fraction of sp³-hybridized carbons (Fsp3) is 0.750. The summed E-state index contributed by atoms with van der Waals surface area (Å²) in [7, 11) is 0. The molecule has 0 bridgehead atoms. The summed E-state index contributed by atoms with van der Waals surface area (Å²) in [5, 5.41) is 0. The summed E-state index contributed by atoms with van der Waals surface area (Å²) in [4.78, 5) is 0. The van der Waals surface area contributed by atoms with Crippen molar-refractivity contribution in [3.8, 4) is 0 Å². The van der Waals surface area contributed by atoms with Gasteiger partial charge in [0, 0.05) is 6.08 Å². The van der Waals surface area contributed by atoms with Gasteiger partial charge in [0.1, 0.15) is 0 Å².